The van der Waals surface area contributed by atoms with Gasteiger partial charge < -0.3 is 9.47 Å². The van der Waals surface area contributed by atoms with Crippen molar-refractivity contribution >= 4 is 5.97 Å². The van der Waals surface area contributed by atoms with Crippen LogP contribution in [-0.2, 0) is 26.3 Å². The fraction of sp³-hybridized carbons (Fsp3) is 0.562. The summed E-state index contributed by atoms with van der Waals surface area (Å²) in [4.78, 5) is 10.9. The molecule has 23 heavy (non-hydrogen) atoms. The van der Waals surface area contributed by atoms with Crippen molar-refractivity contribution in [2.75, 3.05) is 6.61 Å². The van der Waals surface area contributed by atoms with Crippen molar-refractivity contribution in [2.24, 2.45) is 0 Å². The highest BCUT2D eigenvalue weighted by atomic mass is 19.4. The Balaban J connectivity index is 2.30. The summed E-state index contributed by atoms with van der Waals surface area (Å²) in [5.74, 6) is -1.09. The van der Waals surface area contributed by atoms with Gasteiger partial charge in [-0.2, -0.15) is 13.2 Å². The highest BCUT2D eigenvalue weighted by Crippen LogP contribution is 2.51. The van der Waals surface area contributed by atoms with Crippen LogP contribution in [-0.4, -0.2) is 24.4 Å². The number of rotatable bonds is 5. The Hall–Kier alpha value is -1.63. The number of benzene rings is 1. The number of esters is 1. The average molecular weight is 334 g/mol. The third-order valence-electron chi connectivity index (χ3n) is 3.96. The second kappa shape index (κ2) is 5.78. The SMILES string of the molecule is CC(=O)OCc1cc(F)ccc1C(C)(C)C[C@@]1(C(F)(F)F)CO1. The second-order valence-corrected chi connectivity index (χ2v) is 6.42. The molecule has 128 valence electrons. The Morgan fingerprint density at radius 3 is 2.43 bits per heavy atom. The van der Waals surface area contributed by atoms with Crippen LogP contribution in [0.3, 0.4) is 0 Å². The highest BCUT2D eigenvalue weighted by molar-refractivity contribution is 5.66. The number of hydrogen-bond acceptors (Lipinski definition) is 3. The van der Waals surface area contributed by atoms with Gasteiger partial charge in [0.05, 0.1) is 6.61 Å². The maximum Gasteiger partial charge on any atom is 0.419 e. The number of epoxide rings is 1. The molecule has 1 fully saturated rings. The van der Waals surface area contributed by atoms with Crippen LogP contribution in [0.4, 0.5) is 17.6 Å². The van der Waals surface area contributed by atoms with E-state index in [9.17, 15) is 22.4 Å². The summed E-state index contributed by atoms with van der Waals surface area (Å²) in [5, 5.41) is 0. The summed E-state index contributed by atoms with van der Waals surface area (Å²) in [6, 6.07) is 3.79. The van der Waals surface area contributed by atoms with Gasteiger partial charge in [0.15, 0.2) is 5.60 Å². The second-order valence-electron chi connectivity index (χ2n) is 6.42. The van der Waals surface area contributed by atoms with Crippen molar-refractivity contribution in [1.82, 2.24) is 0 Å². The Kier molecular flexibility index (Phi) is 4.45. The van der Waals surface area contributed by atoms with E-state index in [4.69, 9.17) is 9.47 Å². The van der Waals surface area contributed by atoms with Crippen molar-refractivity contribution in [3.63, 3.8) is 0 Å². The first kappa shape index (κ1) is 17.7. The molecule has 1 atom stereocenters. The standard InChI is InChI=1S/C16H18F4O3/c1-10(21)22-7-11-6-12(17)4-5-13(11)14(2,3)8-15(9-23-15)16(18,19)20/h4-6H,7-9H2,1-3H3/t15-/m0/s1. The molecule has 0 spiro atoms. The van der Waals surface area contributed by atoms with Crippen LogP contribution in [0.25, 0.3) is 0 Å². The summed E-state index contributed by atoms with van der Waals surface area (Å²) < 4.78 is 62.3. The summed E-state index contributed by atoms with van der Waals surface area (Å²) >= 11 is 0. The first-order chi connectivity index (χ1) is 10.5. The van der Waals surface area contributed by atoms with E-state index < -0.39 is 29.0 Å². The monoisotopic (exact) mass is 334 g/mol. The van der Waals surface area contributed by atoms with Crippen LogP contribution in [0.5, 0.6) is 0 Å². The van der Waals surface area contributed by atoms with Crippen LogP contribution >= 0.6 is 0 Å². The molecular formula is C16H18F4O3. The Labute approximate surface area is 131 Å². The van der Waals surface area contributed by atoms with Gasteiger partial charge in [-0.25, -0.2) is 4.39 Å². The molecule has 1 aromatic carbocycles. The topological polar surface area (TPSA) is 38.8 Å². The quantitative estimate of drug-likeness (QED) is 0.466. The normalized spacial score (nSPS) is 21.2. The predicted octanol–water partition coefficient (Wildman–Crippen LogP) is 3.89. The molecule has 0 aliphatic carbocycles. The molecule has 0 N–H and O–H groups in total. The Morgan fingerprint density at radius 2 is 1.96 bits per heavy atom. The third kappa shape index (κ3) is 3.83. The molecule has 1 aliphatic heterocycles. The van der Waals surface area contributed by atoms with Gasteiger partial charge in [-0.1, -0.05) is 19.9 Å². The number of carbonyl (C=O) groups is 1. The zero-order chi connectivity index (χ0) is 17.5. The average Bonchev–Trinajstić information content (AvgIpc) is 3.15. The van der Waals surface area contributed by atoms with Gasteiger partial charge in [0.2, 0.25) is 0 Å². The summed E-state index contributed by atoms with van der Waals surface area (Å²) in [5.41, 5.74) is -2.24. The van der Waals surface area contributed by atoms with Gasteiger partial charge in [-0.15, -0.1) is 0 Å². The highest BCUT2D eigenvalue weighted by Gasteiger charge is 2.67. The number of hydrogen-bond donors (Lipinski definition) is 0. The molecule has 7 heteroatoms. The van der Waals surface area contributed by atoms with Gasteiger partial charge in [-0.3, -0.25) is 4.79 Å². The van der Waals surface area contributed by atoms with Crippen LogP contribution in [0, 0.1) is 5.82 Å². The van der Waals surface area contributed by atoms with E-state index >= 15 is 0 Å². The van der Waals surface area contributed by atoms with Gasteiger partial charge in [0, 0.05) is 6.92 Å². The zero-order valence-electron chi connectivity index (χ0n) is 13.1. The molecule has 1 aliphatic rings. The molecule has 1 aromatic rings. The number of halogens is 4. The van der Waals surface area contributed by atoms with Crippen molar-refractivity contribution in [3.05, 3.63) is 35.1 Å². The van der Waals surface area contributed by atoms with Crippen molar-refractivity contribution in [2.45, 2.75) is 51.0 Å². The van der Waals surface area contributed by atoms with Gasteiger partial charge in [0.25, 0.3) is 0 Å². The molecule has 0 radical (unpaired) electrons. The predicted molar refractivity (Wildman–Crippen MR) is 74.3 cm³/mol. The summed E-state index contributed by atoms with van der Waals surface area (Å²) in [6.07, 6.45) is -4.75. The Morgan fingerprint density at radius 1 is 1.35 bits per heavy atom. The summed E-state index contributed by atoms with van der Waals surface area (Å²) in [6.45, 7) is 3.91. The van der Waals surface area contributed by atoms with E-state index in [0.717, 1.165) is 0 Å². The van der Waals surface area contributed by atoms with E-state index in [1.165, 1.54) is 25.1 Å². The first-order valence-corrected chi connectivity index (χ1v) is 7.10. The van der Waals surface area contributed by atoms with Crippen LogP contribution in [0.1, 0.15) is 38.3 Å². The lowest BCUT2D eigenvalue weighted by molar-refractivity contribution is -0.188. The molecule has 0 amide bonds. The van der Waals surface area contributed by atoms with E-state index in [2.05, 4.69) is 0 Å². The summed E-state index contributed by atoms with van der Waals surface area (Å²) in [7, 11) is 0. The molecule has 0 saturated carbocycles. The van der Waals surface area contributed by atoms with Crippen LogP contribution in [0.15, 0.2) is 18.2 Å². The van der Waals surface area contributed by atoms with Gasteiger partial charge in [0.1, 0.15) is 12.4 Å². The van der Waals surface area contributed by atoms with Crippen molar-refractivity contribution < 1.29 is 31.8 Å². The molecule has 1 saturated heterocycles. The lowest BCUT2D eigenvalue weighted by atomic mass is 9.75. The molecule has 0 aromatic heterocycles. The van der Waals surface area contributed by atoms with Crippen LogP contribution < -0.4 is 0 Å². The van der Waals surface area contributed by atoms with Crippen molar-refractivity contribution in [1.29, 1.82) is 0 Å². The van der Waals surface area contributed by atoms with E-state index in [1.54, 1.807) is 13.8 Å². The molecule has 3 nitrogen and oxygen atoms in total. The lowest BCUT2D eigenvalue weighted by Crippen LogP contribution is -2.39. The van der Waals surface area contributed by atoms with Gasteiger partial charge >= 0.3 is 12.1 Å². The fourth-order valence-corrected chi connectivity index (χ4v) is 2.78. The third-order valence-corrected chi connectivity index (χ3v) is 3.96. The van der Waals surface area contributed by atoms with Crippen molar-refractivity contribution in [3.8, 4) is 0 Å². The smallest absolute Gasteiger partial charge is 0.419 e. The van der Waals surface area contributed by atoms with E-state index in [0.29, 0.717) is 11.1 Å². The maximum atomic E-state index is 13.5. The van der Waals surface area contributed by atoms with Gasteiger partial charge in [-0.05, 0) is 35.1 Å². The number of carbonyl (C=O) groups excluding carboxylic acids is 1. The number of alkyl halides is 3. The first-order valence-electron chi connectivity index (χ1n) is 7.10. The van der Waals surface area contributed by atoms with Crippen LogP contribution in [0.2, 0.25) is 0 Å². The minimum atomic E-state index is -4.46. The molecule has 0 bridgehead atoms. The maximum absolute atomic E-state index is 13.5. The molecule has 0 unspecified atom stereocenters. The number of ether oxygens (including phenoxy) is 2. The molecular weight excluding hydrogens is 316 g/mol. The van der Waals surface area contributed by atoms with E-state index in [1.807, 2.05) is 0 Å². The largest absolute Gasteiger partial charge is 0.461 e. The lowest BCUT2D eigenvalue weighted by Gasteiger charge is -2.31. The van der Waals surface area contributed by atoms with E-state index in [-0.39, 0.29) is 19.6 Å². The molecule has 2 rings (SSSR count). The Bertz CT molecular complexity index is 604. The zero-order valence-corrected chi connectivity index (χ0v) is 13.1. The molecule has 1 heterocycles. The fourth-order valence-electron chi connectivity index (χ4n) is 2.78. The minimum absolute atomic E-state index is 0.189. The minimum Gasteiger partial charge on any atom is -0.461 e.